The van der Waals surface area contributed by atoms with Crippen LogP contribution in [0.2, 0.25) is 0 Å². The van der Waals surface area contributed by atoms with Gasteiger partial charge in [-0.3, -0.25) is 9.88 Å². The molecule has 0 radical (unpaired) electrons. The van der Waals surface area contributed by atoms with Crippen LogP contribution in [0, 0.1) is 5.41 Å². The van der Waals surface area contributed by atoms with Gasteiger partial charge in [0.1, 0.15) is 11.4 Å². The highest BCUT2D eigenvalue weighted by Crippen LogP contribution is 2.43. The first kappa shape index (κ1) is 28.9. The maximum absolute atomic E-state index is 12.3. The number of ether oxygens (including phenoxy) is 1. The molecule has 0 bridgehead atoms. The normalized spacial score (nSPS) is 22.9. The van der Waals surface area contributed by atoms with Crippen molar-refractivity contribution in [3.63, 3.8) is 0 Å². The second kappa shape index (κ2) is 11.9. The van der Waals surface area contributed by atoms with Gasteiger partial charge in [0.15, 0.2) is 0 Å². The molecular formula is C32H44N4O3. The second-order valence-corrected chi connectivity index (χ2v) is 11.4. The van der Waals surface area contributed by atoms with E-state index in [4.69, 9.17) is 4.74 Å². The molecule has 210 valence electrons. The molecule has 4 rings (SSSR count). The van der Waals surface area contributed by atoms with Crippen LogP contribution in [0.15, 0.2) is 83.6 Å². The minimum absolute atomic E-state index is 0.0423. The minimum atomic E-state index is -0.999. The number of nitrogens with zero attached hydrogens (tertiary/aromatic N) is 3. The zero-order chi connectivity index (χ0) is 28.2. The number of hydrogen-bond acceptors (Lipinski definition) is 7. The largest absolute Gasteiger partial charge is 0.508 e. The summed E-state index contributed by atoms with van der Waals surface area (Å²) in [5.74, 6) is 0.792. The van der Waals surface area contributed by atoms with Gasteiger partial charge in [-0.2, -0.15) is 0 Å². The molecular weight excluding hydrogens is 488 g/mol. The molecule has 0 amide bonds. The van der Waals surface area contributed by atoms with Gasteiger partial charge < -0.3 is 25.2 Å². The standard InChI is InChI=1S/C32H44N4O3/c1-23(39-6)18-26-21-36(22-33-5)29(19-31(3,4)30(26)24(2)37)32(38)13-9-16-35(17-14-32)20-25-10-7-12-28-27(25)11-8-15-34-28/h7-8,10-12,15,18-19,33,37-38H,2,9,13-14,16-17,20-22H2,1,3-6H3/b23-18+. The third-order valence-corrected chi connectivity index (χ3v) is 8.01. The Morgan fingerprint density at radius 1 is 1.21 bits per heavy atom. The van der Waals surface area contributed by atoms with Crippen molar-refractivity contribution < 1.29 is 14.9 Å². The summed E-state index contributed by atoms with van der Waals surface area (Å²) in [4.78, 5) is 9.15. The summed E-state index contributed by atoms with van der Waals surface area (Å²) in [6.07, 6.45) is 8.11. The SMILES string of the molecule is C=C(O)C1=C(/C=C(\C)OC)CN(CNC)C(C2(O)CCCN(Cc3cccc4ncccc34)CC2)=CC1(C)C. The highest BCUT2D eigenvalue weighted by Gasteiger charge is 2.41. The Labute approximate surface area is 233 Å². The molecule has 0 aliphatic carbocycles. The molecule has 1 fully saturated rings. The summed E-state index contributed by atoms with van der Waals surface area (Å²) >= 11 is 0. The van der Waals surface area contributed by atoms with Gasteiger partial charge in [0.05, 0.1) is 25.1 Å². The average molecular weight is 533 g/mol. The molecule has 1 aromatic carbocycles. The molecule has 1 atom stereocenters. The van der Waals surface area contributed by atoms with E-state index >= 15 is 0 Å². The monoisotopic (exact) mass is 532 g/mol. The van der Waals surface area contributed by atoms with Gasteiger partial charge in [-0.1, -0.05) is 44.7 Å². The van der Waals surface area contributed by atoms with E-state index < -0.39 is 11.0 Å². The number of nitrogens with one attached hydrogen (secondary N) is 1. The number of pyridine rings is 1. The van der Waals surface area contributed by atoms with Crippen LogP contribution < -0.4 is 5.32 Å². The molecule has 0 saturated carbocycles. The summed E-state index contributed by atoms with van der Waals surface area (Å²) in [5.41, 5.74) is 3.31. The van der Waals surface area contributed by atoms with Gasteiger partial charge in [0, 0.05) is 47.9 Å². The first-order valence-corrected chi connectivity index (χ1v) is 13.8. The van der Waals surface area contributed by atoms with Crippen LogP contribution >= 0.6 is 0 Å². The van der Waals surface area contributed by atoms with E-state index in [1.54, 1.807) is 7.11 Å². The molecule has 3 heterocycles. The molecule has 1 saturated heterocycles. The number of methoxy groups -OCH3 is 1. The number of hydrogen-bond donors (Lipinski definition) is 3. The fourth-order valence-electron chi connectivity index (χ4n) is 6.16. The number of aliphatic hydroxyl groups is 2. The summed E-state index contributed by atoms with van der Waals surface area (Å²) in [7, 11) is 3.56. The zero-order valence-electron chi connectivity index (χ0n) is 24.1. The molecule has 2 aliphatic rings. The zero-order valence-corrected chi connectivity index (χ0v) is 24.1. The Balaban J connectivity index is 1.64. The lowest BCUT2D eigenvalue weighted by Crippen LogP contribution is -2.45. The lowest BCUT2D eigenvalue weighted by Gasteiger charge is -2.38. The fraction of sp³-hybridized carbons (Fsp3) is 0.469. The summed E-state index contributed by atoms with van der Waals surface area (Å²) in [6, 6.07) is 10.4. The van der Waals surface area contributed by atoms with E-state index in [2.05, 4.69) is 70.9 Å². The van der Waals surface area contributed by atoms with E-state index in [9.17, 15) is 10.2 Å². The number of benzene rings is 1. The molecule has 2 aromatic rings. The topological polar surface area (TPSA) is 81.1 Å². The molecule has 39 heavy (non-hydrogen) atoms. The third-order valence-electron chi connectivity index (χ3n) is 8.01. The summed E-state index contributed by atoms with van der Waals surface area (Å²) in [6.45, 7) is 13.5. The second-order valence-electron chi connectivity index (χ2n) is 11.4. The van der Waals surface area contributed by atoms with Gasteiger partial charge in [0.2, 0.25) is 0 Å². The lowest BCUT2D eigenvalue weighted by atomic mass is 9.78. The van der Waals surface area contributed by atoms with Crippen molar-refractivity contribution >= 4 is 10.9 Å². The van der Waals surface area contributed by atoms with Crippen molar-refractivity contribution in [3.05, 3.63) is 89.2 Å². The fourth-order valence-corrected chi connectivity index (χ4v) is 6.16. The minimum Gasteiger partial charge on any atom is -0.508 e. The Morgan fingerprint density at radius 3 is 2.72 bits per heavy atom. The average Bonchev–Trinajstić information content (AvgIpc) is 3.14. The first-order valence-electron chi connectivity index (χ1n) is 13.8. The maximum atomic E-state index is 12.3. The van der Waals surface area contributed by atoms with E-state index in [0.717, 1.165) is 54.2 Å². The van der Waals surface area contributed by atoms with Crippen molar-refractivity contribution in [1.82, 2.24) is 20.1 Å². The molecule has 7 heteroatoms. The Morgan fingerprint density at radius 2 is 2.00 bits per heavy atom. The van der Waals surface area contributed by atoms with Gasteiger partial charge in [-0.05, 0) is 69.1 Å². The van der Waals surface area contributed by atoms with Gasteiger partial charge in [-0.15, -0.1) is 0 Å². The van der Waals surface area contributed by atoms with Crippen LogP contribution in [-0.2, 0) is 11.3 Å². The van der Waals surface area contributed by atoms with Crippen LogP contribution in [0.3, 0.4) is 0 Å². The van der Waals surface area contributed by atoms with E-state index in [1.807, 2.05) is 32.3 Å². The predicted molar refractivity (Wildman–Crippen MR) is 158 cm³/mol. The first-order chi connectivity index (χ1) is 18.6. The number of rotatable bonds is 8. The molecule has 1 aromatic heterocycles. The number of aromatic nitrogens is 1. The Kier molecular flexibility index (Phi) is 8.84. The van der Waals surface area contributed by atoms with E-state index in [0.29, 0.717) is 26.1 Å². The lowest BCUT2D eigenvalue weighted by molar-refractivity contribution is 0.0315. The Bertz CT molecular complexity index is 1290. The van der Waals surface area contributed by atoms with Crippen molar-refractivity contribution in [2.75, 3.05) is 40.5 Å². The highest BCUT2D eigenvalue weighted by atomic mass is 16.5. The highest BCUT2D eigenvalue weighted by molar-refractivity contribution is 5.81. The van der Waals surface area contributed by atoms with Crippen LogP contribution in [0.25, 0.3) is 10.9 Å². The van der Waals surface area contributed by atoms with Gasteiger partial charge >= 0.3 is 0 Å². The quantitative estimate of drug-likeness (QED) is 0.400. The van der Waals surface area contributed by atoms with Crippen molar-refractivity contribution in [3.8, 4) is 0 Å². The summed E-state index contributed by atoms with van der Waals surface area (Å²) < 4.78 is 5.46. The van der Waals surface area contributed by atoms with Gasteiger partial charge in [0.25, 0.3) is 0 Å². The number of likely N-dealkylation sites (tertiary alicyclic amines) is 1. The van der Waals surface area contributed by atoms with Crippen LogP contribution in [0.4, 0.5) is 0 Å². The molecule has 1 unspecified atom stereocenters. The summed E-state index contributed by atoms with van der Waals surface area (Å²) in [5, 5.41) is 27.5. The van der Waals surface area contributed by atoms with Crippen LogP contribution in [0.5, 0.6) is 0 Å². The third kappa shape index (κ3) is 6.38. The van der Waals surface area contributed by atoms with Crippen LogP contribution in [-0.4, -0.2) is 71.1 Å². The molecule has 7 nitrogen and oxygen atoms in total. The molecule has 2 aliphatic heterocycles. The van der Waals surface area contributed by atoms with Crippen molar-refractivity contribution in [2.45, 2.75) is 52.2 Å². The molecule has 0 spiro atoms. The molecule has 3 N–H and O–H groups in total. The van der Waals surface area contributed by atoms with Crippen molar-refractivity contribution in [1.29, 1.82) is 0 Å². The number of allylic oxidation sites excluding steroid dienone is 3. The van der Waals surface area contributed by atoms with Crippen molar-refractivity contribution in [2.24, 2.45) is 5.41 Å². The van der Waals surface area contributed by atoms with Crippen LogP contribution in [0.1, 0.15) is 45.6 Å². The van der Waals surface area contributed by atoms with Gasteiger partial charge in [-0.25, -0.2) is 0 Å². The number of aliphatic hydroxyl groups excluding tert-OH is 1. The Hall–Kier alpha value is -3.13. The maximum Gasteiger partial charge on any atom is 0.112 e. The predicted octanol–water partition coefficient (Wildman–Crippen LogP) is 5.27. The van der Waals surface area contributed by atoms with E-state index in [1.165, 1.54) is 10.9 Å². The smallest absolute Gasteiger partial charge is 0.112 e. The number of fused-ring (bicyclic) bond motifs is 1. The van der Waals surface area contributed by atoms with E-state index in [-0.39, 0.29) is 5.76 Å².